The van der Waals surface area contributed by atoms with Crippen molar-refractivity contribution < 1.29 is 0 Å². The lowest BCUT2D eigenvalue weighted by Crippen LogP contribution is -2.40. The Bertz CT molecular complexity index is 498. The third-order valence-electron chi connectivity index (χ3n) is 4.82. The molecule has 0 aliphatic heterocycles. The lowest BCUT2D eigenvalue weighted by atomic mass is 9.95. The molecule has 0 aromatic heterocycles. The molecule has 2 saturated carbocycles. The average molecular weight is 274 g/mol. The Labute approximate surface area is 121 Å². The Morgan fingerprint density at radius 3 is 2.63 bits per heavy atom. The largest absolute Gasteiger partial charge is 0.359 e. The van der Waals surface area contributed by atoms with Crippen LogP contribution in [0.3, 0.4) is 0 Å². The second kappa shape index (κ2) is 5.12. The molecule has 2 nitrogen and oxygen atoms in total. The molecule has 19 heavy (non-hydrogen) atoms. The highest BCUT2D eigenvalue weighted by molar-refractivity contribution is 7.80. The van der Waals surface area contributed by atoms with Crippen LogP contribution in [-0.4, -0.2) is 11.2 Å². The Morgan fingerprint density at radius 1 is 1.16 bits per heavy atom. The monoisotopic (exact) mass is 274 g/mol. The van der Waals surface area contributed by atoms with Crippen molar-refractivity contribution in [2.75, 3.05) is 5.32 Å². The first-order valence-corrected chi connectivity index (χ1v) is 7.67. The predicted molar refractivity (Wildman–Crippen MR) is 84.5 cm³/mol. The highest BCUT2D eigenvalue weighted by Gasteiger charge is 2.39. The van der Waals surface area contributed by atoms with Crippen molar-refractivity contribution in [2.24, 2.45) is 11.8 Å². The number of rotatable bonds is 2. The van der Waals surface area contributed by atoms with Crippen LogP contribution < -0.4 is 10.6 Å². The van der Waals surface area contributed by atoms with Gasteiger partial charge in [0.15, 0.2) is 5.11 Å². The van der Waals surface area contributed by atoms with E-state index in [2.05, 4.69) is 42.7 Å². The van der Waals surface area contributed by atoms with Crippen LogP contribution in [0.1, 0.15) is 36.8 Å². The molecule has 1 aromatic rings. The number of hydrogen-bond acceptors (Lipinski definition) is 1. The van der Waals surface area contributed by atoms with Gasteiger partial charge in [0, 0.05) is 11.7 Å². The zero-order chi connectivity index (χ0) is 13.4. The van der Waals surface area contributed by atoms with Crippen molar-refractivity contribution in [1.82, 2.24) is 5.32 Å². The van der Waals surface area contributed by atoms with Gasteiger partial charge in [-0.2, -0.15) is 0 Å². The van der Waals surface area contributed by atoms with Crippen LogP contribution in [0.2, 0.25) is 0 Å². The summed E-state index contributed by atoms with van der Waals surface area (Å²) in [6.45, 7) is 4.26. The van der Waals surface area contributed by atoms with Gasteiger partial charge in [-0.1, -0.05) is 12.5 Å². The second-order valence-corrected chi connectivity index (χ2v) is 6.59. The van der Waals surface area contributed by atoms with Crippen LogP contribution >= 0.6 is 12.2 Å². The number of hydrogen-bond donors (Lipinski definition) is 2. The number of anilines is 1. The van der Waals surface area contributed by atoms with Crippen LogP contribution in [0, 0.1) is 25.7 Å². The van der Waals surface area contributed by atoms with Gasteiger partial charge >= 0.3 is 0 Å². The standard InChI is InChI=1S/C16H22N2S/c1-10-3-6-14(7-11(10)2)17-16(19)18-15-9-12-4-5-13(15)8-12/h3,6-7,12-13,15H,4-5,8-9H2,1-2H3,(H2,17,18,19)/t12-,13+,15-/m0/s1. The molecule has 3 heteroatoms. The normalized spacial score (nSPS) is 28.4. The topological polar surface area (TPSA) is 24.1 Å². The summed E-state index contributed by atoms with van der Waals surface area (Å²) >= 11 is 5.44. The highest BCUT2D eigenvalue weighted by atomic mass is 32.1. The van der Waals surface area contributed by atoms with Gasteiger partial charge in [-0.15, -0.1) is 0 Å². The van der Waals surface area contributed by atoms with Crippen LogP contribution in [0.15, 0.2) is 18.2 Å². The molecule has 0 spiro atoms. The van der Waals surface area contributed by atoms with Crippen molar-refractivity contribution in [3.8, 4) is 0 Å². The molecule has 2 N–H and O–H groups in total. The summed E-state index contributed by atoms with van der Waals surface area (Å²) in [7, 11) is 0. The minimum absolute atomic E-state index is 0.602. The third kappa shape index (κ3) is 2.76. The Hall–Kier alpha value is -1.09. The lowest BCUT2D eigenvalue weighted by Gasteiger charge is -2.24. The molecule has 0 radical (unpaired) electrons. The first kappa shape index (κ1) is 12.9. The zero-order valence-electron chi connectivity index (χ0n) is 11.7. The van der Waals surface area contributed by atoms with Gasteiger partial charge in [-0.25, -0.2) is 0 Å². The molecule has 0 amide bonds. The van der Waals surface area contributed by atoms with Crippen molar-refractivity contribution in [3.05, 3.63) is 29.3 Å². The zero-order valence-corrected chi connectivity index (χ0v) is 12.5. The van der Waals surface area contributed by atoms with Crippen LogP contribution in [-0.2, 0) is 0 Å². The maximum atomic E-state index is 5.44. The first-order valence-electron chi connectivity index (χ1n) is 7.26. The molecular formula is C16H22N2S. The SMILES string of the molecule is Cc1ccc(NC(=S)N[C@H]2C[C@H]3CC[C@@H]2C3)cc1C. The number of thiocarbonyl (C=S) groups is 1. The molecule has 0 heterocycles. The van der Waals surface area contributed by atoms with E-state index in [1.165, 1.54) is 36.8 Å². The van der Waals surface area contributed by atoms with Crippen molar-refractivity contribution in [2.45, 2.75) is 45.6 Å². The maximum Gasteiger partial charge on any atom is 0.171 e. The molecule has 3 rings (SSSR count). The van der Waals surface area contributed by atoms with E-state index in [0.717, 1.165) is 22.6 Å². The minimum Gasteiger partial charge on any atom is -0.359 e. The van der Waals surface area contributed by atoms with Crippen LogP contribution in [0.4, 0.5) is 5.69 Å². The van der Waals surface area contributed by atoms with Crippen molar-refractivity contribution in [3.63, 3.8) is 0 Å². The summed E-state index contributed by atoms with van der Waals surface area (Å²) in [5.74, 6) is 1.80. The average Bonchev–Trinajstić information content (AvgIpc) is 2.96. The molecule has 0 unspecified atom stereocenters. The molecule has 2 aliphatic carbocycles. The van der Waals surface area contributed by atoms with Gasteiger partial charge in [0.1, 0.15) is 0 Å². The van der Waals surface area contributed by atoms with E-state index in [0.29, 0.717) is 6.04 Å². The molecule has 102 valence electrons. The molecule has 1 aromatic carbocycles. The molecule has 3 atom stereocenters. The number of fused-ring (bicyclic) bond motifs is 2. The Morgan fingerprint density at radius 2 is 2.00 bits per heavy atom. The highest BCUT2D eigenvalue weighted by Crippen LogP contribution is 2.44. The van der Waals surface area contributed by atoms with E-state index in [-0.39, 0.29) is 0 Å². The number of benzene rings is 1. The van der Waals surface area contributed by atoms with E-state index in [1.807, 2.05) is 0 Å². The van der Waals surface area contributed by atoms with E-state index in [9.17, 15) is 0 Å². The summed E-state index contributed by atoms with van der Waals surface area (Å²) in [6, 6.07) is 6.99. The van der Waals surface area contributed by atoms with Gasteiger partial charge in [-0.3, -0.25) is 0 Å². The quantitative estimate of drug-likeness (QED) is 0.803. The number of aryl methyl sites for hydroxylation is 2. The van der Waals surface area contributed by atoms with Crippen molar-refractivity contribution in [1.29, 1.82) is 0 Å². The summed E-state index contributed by atoms with van der Waals surface area (Å²) in [5.41, 5.74) is 3.70. The molecule has 2 fully saturated rings. The Balaban J connectivity index is 1.57. The van der Waals surface area contributed by atoms with E-state index < -0.39 is 0 Å². The van der Waals surface area contributed by atoms with E-state index >= 15 is 0 Å². The summed E-state index contributed by atoms with van der Waals surface area (Å²) in [4.78, 5) is 0. The van der Waals surface area contributed by atoms with Gasteiger partial charge in [-0.05, 0) is 80.4 Å². The fourth-order valence-corrected chi connectivity index (χ4v) is 3.85. The van der Waals surface area contributed by atoms with E-state index in [1.54, 1.807) is 0 Å². The van der Waals surface area contributed by atoms with Crippen LogP contribution in [0.5, 0.6) is 0 Å². The van der Waals surface area contributed by atoms with Gasteiger partial charge in [0.05, 0.1) is 0 Å². The molecular weight excluding hydrogens is 252 g/mol. The van der Waals surface area contributed by atoms with Gasteiger partial charge < -0.3 is 10.6 Å². The lowest BCUT2D eigenvalue weighted by molar-refractivity contribution is 0.392. The number of nitrogens with one attached hydrogen (secondary N) is 2. The van der Waals surface area contributed by atoms with Gasteiger partial charge in [0.25, 0.3) is 0 Å². The van der Waals surface area contributed by atoms with Crippen molar-refractivity contribution >= 4 is 23.0 Å². The third-order valence-corrected chi connectivity index (χ3v) is 5.04. The fraction of sp³-hybridized carbons (Fsp3) is 0.562. The van der Waals surface area contributed by atoms with E-state index in [4.69, 9.17) is 12.2 Å². The van der Waals surface area contributed by atoms with Crippen LogP contribution in [0.25, 0.3) is 0 Å². The summed E-state index contributed by atoms with van der Waals surface area (Å²) < 4.78 is 0. The minimum atomic E-state index is 0.602. The predicted octanol–water partition coefficient (Wildman–Crippen LogP) is 3.78. The molecule has 0 saturated heterocycles. The summed E-state index contributed by atoms with van der Waals surface area (Å²) in [6.07, 6.45) is 5.53. The fourth-order valence-electron chi connectivity index (χ4n) is 3.58. The maximum absolute atomic E-state index is 5.44. The second-order valence-electron chi connectivity index (χ2n) is 6.18. The smallest absolute Gasteiger partial charge is 0.171 e. The Kier molecular flexibility index (Phi) is 3.48. The molecule has 2 aliphatic rings. The van der Waals surface area contributed by atoms with Gasteiger partial charge in [0.2, 0.25) is 0 Å². The molecule has 2 bridgehead atoms. The summed E-state index contributed by atoms with van der Waals surface area (Å²) in [5, 5.41) is 7.61. The first-order chi connectivity index (χ1) is 9.11.